The summed E-state index contributed by atoms with van der Waals surface area (Å²) < 4.78 is 0. The molecule has 90 valence electrons. The molecule has 0 atom stereocenters. The van der Waals surface area contributed by atoms with Crippen LogP contribution in [0, 0.1) is 0 Å². The third-order valence-corrected chi connectivity index (χ3v) is 3.48. The highest BCUT2D eigenvalue weighted by atomic mass is 15.2. The summed E-state index contributed by atoms with van der Waals surface area (Å²) in [6.45, 7) is 0.798. The highest BCUT2D eigenvalue weighted by Crippen LogP contribution is 2.40. The zero-order valence-electron chi connectivity index (χ0n) is 9.83. The largest absolute Gasteiger partial charge is 0.366 e. The zero-order chi connectivity index (χ0) is 11.9. The zero-order valence-corrected chi connectivity index (χ0v) is 9.83. The van der Waals surface area contributed by atoms with Gasteiger partial charge in [0.05, 0.1) is 29.4 Å². The van der Waals surface area contributed by atoms with Crippen molar-refractivity contribution >= 4 is 22.7 Å². The number of nitrogens with one attached hydrogen (secondary N) is 4. The summed E-state index contributed by atoms with van der Waals surface area (Å²) in [6, 6.07) is 14.6. The topological polar surface area (TPSA) is 48.1 Å². The minimum absolute atomic E-state index is 0.129. The molecule has 0 saturated heterocycles. The van der Waals surface area contributed by atoms with Gasteiger partial charge in [-0.3, -0.25) is 0 Å². The number of fused-ring (bicyclic) bond motifs is 2. The van der Waals surface area contributed by atoms with Gasteiger partial charge in [0.25, 0.3) is 0 Å². The second kappa shape index (κ2) is 3.57. The normalized spacial score (nSPS) is 16.0. The molecule has 4 nitrogen and oxygen atoms in total. The van der Waals surface area contributed by atoms with Crippen molar-refractivity contribution in [2.45, 2.75) is 6.17 Å². The fraction of sp³-hybridized carbons (Fsp3) is 0.143. The molecule has 2 aliphatic heterocycles. The van der Waals surface area contributed by atoms with Gasteiger partial charge in [-0.25, -0.2) is 0 Å². The molecule has 0 aromatic heterocycles. The van der Waals surface area contributed by atoms with E-state index in [9.17, 15) is 0 Å². The summed E-state index contributed by atoms with van der Waals surface area (Å²) in [4.78, 5) is 0. The summed E-state index contributed by atoms with van der Waals surface area (Å²) in [5, 5.41) is 13.7. The van der Waals surface area contributed by atoms with Crippen LogP contribution < -0.4 is 21.3 Å². The number of rotatable bonds is 1. The van der Waals surface area contributed by atoms with E-state index in [0.717, 1.165) is 18.0 Å². The molecule has 2 aromatic carbocycles. The van der Waals surface area contributed by atoms with Gasteiger partial charge in [-0.05, 0) is 18.2 Å². The Labute approximate surface area is 105 Å². The second-order valence-corrected chi connectivity index (χ2v) is 4.57. The number of para-hydroxylation sites is 3. The number of benzene rings is 2. The van der Waals surface area contributed by atoms with Gasteiger partial charge in [-0.15, -0.1) is 0 Å². The van der Waals surface area contributed by atoms with E-state index in [0.29, 0.717) is 0 Å². The maximum absolute atomic E-state index is 3.50. The van der Waals surface area contributed by atoms with Crippen LogP contribution in [-0.4, -0.2) is 6.67 Å². The molecule has 0 amide bonds. The fourth-order valence-corrected chi connectivity index (χ4v) is 2.62. The van der Waals surface area contributed by atoms with Crippen LogP contribution >= 0.6 is 0 Å². The highest BCUT2D eigenvalue weighted by Gasteiger charge is 2.25. The first-order chi connectivity index (χ1) is 8.92. The van der Waals surface area contributed by atoms with Crippen molar-refractivity contribution < 1.29 is 0 Å². The average Bonchev–Trinajstić information content (AvgIpc) is 3.04. The highest BCUT2D eigenvalue weighted by molar-refractivity contribution is 5.81. The molecule has 0 fully saturated rings. The van der Waals surface area contributed by atoms with E-state index >= 15 is 0 Å². The summed E-state index contributed by atoms with van der Waals surface area (Å²) in [7, 11) is 0. The van der Waals surface area contributed by atoms with Gasteiger partial charge in [-0.2, -0.15) is 0 Å². The van der Waals surface area contributed by atoms with Crippen LogP contribution in [0.1, 0.15) is 11.7 Å². The van der Waals surface area contributed by atoms with Crippen LogP contribution in [0.15, 0.2) is 42.5 Å². The molecule has 0 radical (unpaired) electrons. The Balaban J connectivity index is 1.73. The molecule has 4 rings (SSSR count). The van der Waals surface area contributed by atoms with E-state index in [1.165, 1.54) is 16.9 Å². The minimum atomic E-state index is 0.129. The Morgan fingerprint density at radius 1 is 0.778 bits per heavy atom. The number of hydrogen-bond donors (Lipinski definition) is 4. The van der Waals surface area contributed by atoms with Crippen LogP contribution in [0.2, 0.25) is 0 Å². The Morgan fingerprint density at radius 2 is 1.50 bits per heavy atom. The van der Waals surface area contributed by atoms with E-state index in [4.69, 9.17) is 0 Å². The quantitative estimate of drug-likeness (QED) is 0.617. The van der Waals surface area contributed by atoms with Crippen molar-refractivity contribution in [3.63, 3.8) is 0 Å². The number of hydrogen-bond acceptors (Lipinski definition) is 4. The molecule has 4 N–H and O–H groups in total. The predicted octanol–water partition coefficient (Wildman–Crippen LogP) is 3.02. The first-order valence-electron chi connectivity index (χ1n) is 6.14. The first kappa shape index (κ1) is 9.65. The molecule has 0 bridgehead atoms. The third kappa shape index (κ3) is 1.32. The van der Waals surface area contributed by atoms with Gasteiger partial charge in [0.2, 0.25) is 0 Å². The maximum atomic E-state index is 3.50. The summed E-state index contributed by atoms with van der Waals surface area (Å²) in [6.07, 6.45) is 0.129. The van der Waals surface area contributed by atoms with E-state index in [1.54, 1.807) is 0 Å². The van der Waals surface area contributed by atoms with Crippen LogP contribution in [-0.2, 0) is 0 Å². The van der Waals surface area contributed by atoms with Gasteiger partial charge >= 0.3 is 0 Å². The monoisotopic (exact) mass is 238 g/mol. The summed E-state index contributed by atoms with van der Waals surface area (Å²) >= 11 is 0. The van der Waals surface area contributed by atoms with Crippen molar-refractivity contribution in [3.05, 3.63) is 48.0 Å². The number of anilines is 4. The van der Waals surface area contributed by atoms with E-state index in [2.05, 4.69) is 51.6 Å². The summed E-state index contributed by atoms with van der Waals surface area (Å²) in [5.41, 5.74) is 5.92. The van der Waals surface area contributed by atoms with Crippen LogP contribution in [0.5, 0.6) is 0 Å². The average molecular weight is 238 g/mol. The van der Waals surface area contributed by atoms with Gasteiger partial charge < -0.3 is 21.3 Å². The lowest BCUT2D eigenvalue weighted by atomic mass is 10.1. The Morgan fingerprint density at radius 3 is 2.28 bits per heavy atom. The van der Waals surface area contributed by atoms with Gasteiger partial charge in [0.15, 0.2) is 0 Å². The molecule has 18 heavy (non-hydrogen) atoms. The summed E-state index contributed by atoms with van der Waals surface area (Å²) in [5.74, 6) is 0. The standard InChI is InChI=1S/C14H14N4/c1-2-6-11-10(5-1)17-14(18-11)9-4-3-7-12-13(9)16-8-15-12/h1-7,14-18H,8H2. The minimum Gasteiger partial charge on any atom is -0.366 e. The smallest absolute Gasteiger partial charge is 0.125 e. The molecule has 0 unspecified atom stereocenters. The first-order valence-corrected chi connectivity index (χ1v) is 6.14. The molecule has 4 heteroatoms. The maximum Gasteiger partial charge on any atom is 0.125 e. The van der Waals surface area contributed by atoms with Crippen LogP contribution in [0.4, 0.5) is 22.7 Å². The lowest BCUT2D eigenvalue weighted by Crippen LogP contribution is -2.13. The van der Waals surface area contributed by atoms with E-state index in [1.807, 2.05) is 12.1 Å². The lowest BCUT2D eigenvalue weighted by Gasteiger charge is -2.16. The van der Waals surface area contributed by atoms with E-state index in [-0.39, 0.29) is 6.17 Å². The molecule has 0 spiro atoms. The van der Waals surface area contributed by atoms with Crippen molar-refractivity contribution in [2.75, 3.05) is 27.9 Å². The van der Waals surface area contributed by atoms with Crippen LogP contribution in [0.3, 0.4) is 0 Å². The lowest BCUT2D eigenvalue weighted by molar-refractivity contribution is 0.944. The van der Waals surface area contributed by atoms with Gasteiger partial charge in [0.1, 0.15) is 6.17 Å². The Hall–Kier alpha value is -2.36. The SMILES string of the molecule is c1ccc2c(c1)NC(c1cccc3c1NCN3)N2. The molecule has 0 saturated carbocycles. The Bertz CT molecular complexity index is 583. The fourth-order valence-electron chi connectivity index (χ4n) is 2.62. The Kier molecular flexibility index (Phi) is 1.91. The molecule has 0 aliphatic carbocycles. The third-order valence-electron chi connectivity index (χ3n) is 3.48. The molecular formula is C14H14N4. The molecule has 2 heterocycles. The van der Waals surface area contributed by atoms with Crippen molar-refractivity contribution in [1.82, 2.24) is 0 Å². The molecule has 2 aliphatic rings. The van der Waals surface area contributed by atoms with E-state index < -0.39 is 0 Å². The molecular weight excluding hydrogens is 224 g/mol. The van der Waals surface area contributed by atoms with Gasteiger partial charge in [0, 0.05) is 5.56 Å². The van der Waals surface area contributed by atoms with Crippen molar-refractivity contribution in [2.24, 2.45) is 0 Å². The van der Waals surface area contributed by atoms with Crippen molar-refractivity contribution in [1.29, 1.82) is 0 Å². The molecule has 2 aromatic rings. The van der Waals surface area contributed by atoms with Crippen LogP contribution in [0.25, 0.3) is 0 Å². The van der Waals surface area contributed by atoms with Crippen molar-refractivity contribution in [3.8, 4) is 0 Å². The second-order valence-electron chi connectivity index (χ2n) is 4.57. The van der Waals surface area contributed by atoms with Gasteiger partial charge in [-0.1, -0.05) is 24.3 Å². The predicted molar refractivity (Wildman–Crippen MR) is 75.0 cm³/mol.